The molecule has 5 rings (SSSR count). The van der Waals surface area contributed by atoms with Crippen LogP contribution in [0.2, 0.25) is 0 Å². The van der Waals surface area contributed by atoms with Gasteiger partial charge in [0.15, 0.2) is 0 Å². The highest BCUT2D eigenvalue weighted by Gasteiger charge is 2.35. The summed E-state index contributed by atoms with van der Waals surface area (Å²) >= 11 is 0. The van der Waals surface area contributed by atoms with Crippen molar-refractivity contribution in [3.63, 3.8) is 0 Å². The largest absolute Gasteiger partial charge is 0.461 e. The number of pyridine rings is 1. The average molecular weight is 380 g/mol. The van der Waals surface area contributed by atoms with Gasteiger partial charge in [-0.15, -0.1) is 0 Å². The highest BCUT2D eigenvalue weighted by Crippen LogP contribution is 2.38. The summed E-state index contributed by atoms with van der Waals surface area (Å²) in [6.07, 6.45) is 10.4. The van der Waals surface area contributed by atoms with E-state index in [-0.39, 0.29) is 12.1 Å². The molecule has 3 aliphatic heterocycles. The van der Waals surface area contributed by atoms with Gasteiger partial charge in [0.05, 0.1) is 29.7 Å². The Balaban J connectivity index is 1.59. The standard InChI is InChI=1S/C19H29N3O3S/c1-26(23)21-17-5-3-11-22-13-25-19-16(4-2-10-20-19)14-6-8-15(9-7-14)24-12-18(17)22/h2,4,10,14-15,17-18,21H,3,5-9,11-13H2,1H3. The van der Waals surface area contributed by atoms with Crippen molar-refractivity contribution in [2.24, 2.45) is 0 Å². The van der Waals surface area contributed by atoms with E-state index in [2.05, 4.69) is 20.7 Å². The molecule has 1 saturated carbocycles. The van der Waals surface area contributed by atoms with Gasteiger partial charge in [-0.2, -0.15) is 0 Å². The smallest absolute Gasteiger partial charge is 0.218 e. The molecule has 1 aromatic heterocycles. The van der Waals surface area contributed by atoms with E-state index in [4.69, 9.17) is 9.47 Å². The minimum Gasteiger partial charge on any atom is -0.461 e. The maximum absolute atomic E-state index is 11.8. The molecule has 2 fully saturated rings. The summed E-state index contributed by atoms with van der Waals surface area (Å²) in [5.41, 5.74) is 1.24. The summed E-state index contributed by atoms with van der Waals surface area (Å²) in [5, 5.41) is 0. The summed E-state index contributed by atoms with van der Waals surface area (Å²) in [6.45, 7) is 2.14. The maximum atomic E-state index is 11.8. The fourth-order valence-electron chi connectivity index (χ4n) is 4.61. The van der Waals surface area contributed by atoms with Crippen LogP contribution in [0, 0.1) is 0 Å². The fraction of sp³-hybridized carbons (Fsp3) is 0.737. The van der Waals surface area contributed by atoms with Crippen molar-refractivity contribution < 1.29 is 13.7 Å². The van der Waals surface area contributed by atoms with Crippen LogP contribution in [-0.4, -0.2) is 58.4 Å². The van der Waals surface area contributed by atoms with Crippen LogP contribution < -0.4 is 9.46 Å². The molecule has 0 amide bonds. The predicted octanol–water partition coefficient (Wildman–Crippen LogP) is 2.19. The maximum Gasteiger partial charge on any atom is 0.218 e. The molecule has 1 N–H and O–H groups in total. The third-order valence-corrected chi connectivity index (χ3v) is 6.63. The van der Waals surface area contributed by atoms with Crippen molar-refractivity contribution in [1.82, 2.24) is 14.6 Å². The van der Waals surface area contributed by atoms with Gasteiger partial charge < -0.3 is 9.47 Å². The van der Waals surface area contributed by atoms with Gasteiger partial charge in [-0.05, 0) is 50.5 Å². The normalized spacial score (nSPS) is 33.9. The fourth-order valence-corrected chi connectivity index (χ4v) is 5.31. The molecule has 0 radical (unpaired) electrons. The molecule has 26 heavy (non-hydrogen) atoms. The molecule has 1 saturated heterocycles. The number of hydrogen-bond donors (Lipinski definition) is 1. The third-order valence-electron chi connectivity index (χ3n) is 6.00. The molecule has 4 heterocycles. The Bertz CT molecular complexity index is 636. The van der Waals surface area contributed by atoms with Crippen LogP contribution in [0.3, 0.4) is 0 Å². The highest BCUT2D eigenvalue weighted by molar-refractivity contribution is 7.82. The summed E-state index contributed by atoms with van der Waals surface area (Å²) < 4.78 is 27.5. The van der Waals surface area contributed by atoms with Gasteiger partial charge in [-0.25, -0.2) is 13.9 Å². The summed E-state index contributed by atoms with van der Waals surface area (Å²) in [7, 11) is -1.03. The average Bonchev–Trinajstić information content (AvgIpc) is 2.65. The van der Waals surface area contributed by atoms with E-state index in [0.29, 0.717) is 25.4 Å². The van der Waals surface area contributed by atoms with E-state index in [1.807, 2.05) is 12.3 Å². The van der Waals surface area contributed by atoms with Crippen LogP contribution in [0.15, 0.2) is 18.3 Å². The zero-order chi connectivity index (χ0) is 17.9. The van der Waals surface area contributed by atoms with Crippen LogP contribution in [0.4, 0.5) is 0 Å². The van der Waals surface area contributed by atoms with Gasteiger partial charge in [-0.3, -0.25) is 4.90 Å². The number of nitrogens with one attached hydrogen (secondary N) is 1. The molecule has 2 bridgehead atoms. The lowest BCUT2D eigenvalue weighted by atomic mass is 9.83. The number of rotatable bonds is 2. The lowest BCUT2D eigenvalue weighted by Crippen LogP contribution is -2.57. The number of nitrogens with zero attached hydrogens (tertiary/aromatic N) is 2. The molecule has 0 spiro atoms. The lowest BCUT2D eigenvalue weighted by Gasteiger charge is -2.42. The molecule has 3 unspecified atom stereocenters. The molecule has 1 aromatic rings. The minimum absolute atomic E-state index is 0.167. The Morgan fingerprint density at radius 2 is 2.12 bits per heavy atom. The van der Waals surface area contributed by atoms with E-state index >= 15 is 0 Å². The first-order valence-corrected chi connectivity index (χ1v) is 11.3. The minimum atomic E-state index is -1.03. The topological polar surface area (TPSA) is 63.7 Å². The quantitative estimate of drug-likeness (QED) is 0.853. The van der Waals surface area contributed by atoms with Crippen LogP contribution in [0.5, 0.6) is 5.88 Å². The number of piperidine rings is 1. The SMILES string of the molecule is CS(=O)NC1CCCN2COc3ncccc3C3CCC(CC3)OCC12. The van der Waals surface area contributed by atoms with E-state index in [9.17, 15) is 4.21 Å². The Labute approximate surface area is 158 Å². The van der Waals surface area contributed by atoms with E-state index in [1.54, 1.807) is 6.26 Å². The molecule has 3 atom stereocenters. The van der Waals surface area contributed by atoms with E-state index in [1.165, 1.54) is 5.56 Å². The first-order chi connectivity index (χ1) is 12.7. The molecule has 1 aliphatic carbocycles. The highest BCUT2D eigenvalue weighted by atomic mass is 32.2. The number of hydrogen-bond acceptors (Lipinski definition) is 5. The zero-order valence-electron chi connectivity index (χ0n) is 15.4. The van der Waals surface area contributed by atoms with E-state index in [0.717, 1.165) is 50.9 Å². The van der Waals surface area contributed by atoms with Gasteiger partial charge in [0, 0.05) is 30.6 Å². The number of ether oxygens (including phenoxy) is 2. The Morgan fingerprint density at radius 1 is 1.27 bits per heavy atom. The Hall–Kier alpha value is -1.02. The number of fused-ring (bicyclic) bond motifs is 4. The van der Waals surface area contributed by atoms with Crippen LogP contribution in [0.25, 0.3) is 0 Å². The molecule has 0 aromatic carbocycles. The Kier molecular flexibility index (Phi) is 5.88. The van der Waals surface area contributed by atoms with Gasteiger partial charge in [0.25, 0.3) is 0 Å². The first kappa shape index (κ1) is 18.3. The van der Waals surface area contributed by atoms with Gasteiger partial charge >= 0.3 is 0 Å². The molecule has 7 heteroatoms. The zero-order valence-corrected chi connectivity index (χ0v) is 16.2. The molecule has 4 aliphatic rings. The van der Waals surface area contributed by atoms with Crippen molar-refractivity contribution in [2.75, 3.05) is 26.1 Å². The monoisotopic (exact) mass is 379 g/mol. The molecule has 144 valence electrons. The van der Waals surface area contributed by atoms with Crippen molar-refractivity contribution in [1.29, 1.82) is 0 Å². The van der Waals surface area contributed by atoms with Crippen molar-refractivity contribution >= 4 is 11.0 Å². The van der Waals surface area contributed by atoms with E-state index < -0.39 is 11.0 Å². The lowest BCUT2D eigenvalue weighted by molar-refractivity contribution is -0.0482. The second-order valence-electron chi connectivity index (χ2n) is 7.68. The first-order valence-electron chi connectivity index (χ1n) is 9.73. The van der Waals surface area contributed by atoms with Crippen LogP contribution in [-0.2, 0) is 15.7 Å². The van der Waals surface area contributed by atoms with Crippen molar-refractivity contribution in [3.05, 3.63) is 23.9 Å². The van der Waals surface area contributed by atoms with Gasteiger partial charge in [0.2, 0.25) is 5.88 Å². The molecular formula is C19H29N3O3S. The predicted molar refractivity (Wildman–Crippen MR) is 101 cm³/mol. The number of aromatic nitrogens is 1. The second kappa shape index (κ2) is 8.33. The van der Waals surface area contributed by atoms with Crippen LogP contribution in [0.1, 0.15) is 50.0 Å². The van der Waals surface area contributed by atoms with Gasteiger partial charge in [-0.1, -0.05) is 6.07 Å². The Morgan fingerprint density at radius 3 is 2.92 bits per heavy atom. The summed E-state index contributed by atoms with van der Waals surface area (Å²) in [6, 6.07) is 4.52. The second-order valence-corrected chi connectivity index (χ2v) is 8.82. The molecular weight excluding hydrogens is 350 g/mol. The van der Waals surface area contributed by atoms with Crippen molar-refractivity contribution in [2.45, 2.75) is 62.6 Å². The van der Waals surface area contributed by atoms with Crippen LogP contribution >= 0.6 is 0 Å². The summed E-state index contributed by atoms with van der Waals surface area (Å²) in [5.74, 6) is 1.30. The summed E-state index contributed by atoms with van der Waals surface area (Å²) in [4.78, 5) is 6.84. The third kappa shape index (κ3) is 4.11. The molecule has 6 nitrogen and oxygen atoms in total. The van der Waals surface area contributed by atoms with Gasteiger partial charge in [0.1, 0.15) is 6.73 Å². The van der Waals surface area contributed by atoms with Crippen molar-refractivity contribution in [3.8, 4) is 5.88 Å².